The van der Waals surface area contributed by atoms with Crippen molar-refractivity contribution in [2.45, 2.75) is 25.7 Å². The molecule has 6 heteroatoms. The molecule has 29 heavy (non-hydrogen) atoms. The lowest BCUT2D eigenvalue weighted by Gasteiger charge is -2.09. The number of aromatic hydroxyl groups is 4. The van der Waals surface area contributed by atoms with Crippen LogP contribution in [0.4, 0.5) is 0 Å². The Hall–Kier alpha value is -3.67. The lowest BCUT2D eigenvalue weighted by atomic mass is 9.98. The minimum absolute atomic E-state index is 0.162. The van der Waals surface area contributed by atoms with Gasteiger partial charge in [-0.25, -0.2) is 4.79 Å². The van der Waals surface area contributed by atoms with Gasteiger partial charge in [-0.1, -0.05) is 18.2 Å². The normalized spacial score (nSPS) is 10.8. The predicted octanol–water partition coefficient (Wildman–Crippen LogP) is 3.78. The third kappa shape index (κ3) is 5.19. The lowest BCUT2D eigenvalue weighted by molar-refractivity contribution is 0.0697. The van der Waals surface area contributed by atoms with E-state index in [9.17, 15) is 25.2 Å². The van der Waals surface area contributed by atoms with Crippen molar-refractivity contribution in [3.63, 3.8) is 0 Å². The fourth-order valence-electron chi connectivity index (χ4n) is 3.23. The van der Waals surface area contributed by atoms with Crippen molar-refractivity contribution in [1.29, 1.82) is 0 Å². The average molecular weight is 394 g/mol. The quantitative estimate of drug-likeness (QED) is 0.389. The average Bonchev–Trinajstić information content (AvgIpc) is 2.68. The van der Waals surface area contributed by atoms with E-state index in [2.05, 4.69) is 0 Å². The molecule has 0 atom stereocenters. The van der Waals surface area contributed by atoms with E-state index in [1.807, 2.05) is 6.07 Å². The highest BCUT2D eigenvalue weighted by Gasteiger charge is 2.09. The summed E-state index contributed by atoms with van der Waals surface area (Å²) in [6.07, 6.45) is 2.50. The number of benzene rings is 3. The van der Waals surface area contributed by atoms with Crippen molar-refractivity contribution < 1.29 is 30.3 Å². The van der Waals surface area contributed by atoms with Crippen LogP contribution < -0.4 is 0 Å². The number of rotatable bonds is 7. The van der Waals surface area contributed by atoms with E-state index < -0.39 is 11.7 Å². The van der Waals surface area contributed by atoms with Gasteiger partial charge in [-0.2, -0.15) is 0 Å². The highest BCUT2D eigenvalue weighted by Crippen LogP contribution is 2.35. The molecule has 0 fully saturated rings. The Bertz CT molecular complexity index is 1000. The number of hydrogen-bond donors (Lipinski definition) is 5. The van der Waals surface area contributed by atoms with Gasteiger partial charge in [-0.3, -0.25) is 0 Å². The summed E-state index contributed by atoms with van der Waals surface area (Å²) < 4.78 is 0. The molecular formula is C23H22O6. The maximum absolute atomic E-state index is 10.9. The number of aryl methyl sites for hydroxylation is 4. The lowest BCUT2D eigenvalue weighted by Crippen LogP contribution is -1.98. The topological polar surface area (TPSA) is 118 Å². The van der Waals surface area contributed by atoms with Gasteiger partial charge in [-0.05, 0) is 84.3 Å². The van der Waals surface area contributed by atoms with Crippen molar-refractivity contribution in [2.75, 3.05) is 0 Å². The number of phenols is 4. The van der Waals surface area contributed by atoms with Crippen LogP contribution in [0.25, 0.3) is 0 Å². The van der Waals surface area contributed by atoms with Crippen molar-refractivity contribution >= 4 is 5.97 Å². The molecule has 3 aromatic carbocycles. The summed E-state index contributed by atoms with van der Waals surface area (Å²) in [5, 5.41) is 47.6. The number of phenolic OH excluding ortho intramolecular Hbond substituents is 4. The van der Waals surface area contributed by atoms with Crippen molar-refractivity contribution in [1.82, 2.24) is 0 Å². The maximum atomic E-state index is 10.9. The fraction of sp³-hybridized carbons (Fsp3) is 0.174. The zero-order valence-corrected chi connectivity index (χ0v) is 15.7. The van der Waals surface area contributed by atoms with Gasteiger partial charge in [0.25, 0.3) is 0 Å². The zero-order chi connectivity index (χ0) is 21.0. The molecule has 0 bridgehead atoms. The smallest absolute Gasteiger partial charge is 0.335 e. The van der Waals surface area contributed by atoms with Gasteiger partial charge in [0.2, 0.25) is 0 Å². The second-order valence-electron chi connectivity index (χ2n) is 6.99. The molecule has 5 N–H and O–H groups in total. The maximum Gasteiger partial charge on any atom is 0.335 e. The molecular weight excluding hydrogens is 372 g/mol. The van der Waals surface area contributed by atoms with Crippen LogP contribution in [0.1, 0.15) is 32.6 Å². The van der Waals surface area contributed by atoms with Crippen LogP contribution >= 0.6 is 0 Å². The Labute approximate surface area is 168 Å². The first-order valence-electron chi connectivity index (χ1n) is 9.19. The molecule has 0 saturated carbocycles. The molecule has 150 valence electrons. The van der Waals surface area contributed by atoms with Gasteiger partial charge in [0.15, 0.2) is 17.2 Å². The van der Waals surface area contributed by atoms with Gasteiger partial charge in [0.1, 0.15) is 5.75 Å². The van der Waals surface area contributed by atoms with Crippen LogP contribution in [-0.2, 0) is 25.7 Å². The molecule has 3 aromatic rings. The minimum atomic E-state index is -0.954. The summed E-state index contributed by atoms with van der Waals surface area (Å²) in [5.41, 5.74) is 3.79. The van der Waals surface area contributed by atoms with Gasteiger partial charge < -0.3 is 25.5 Å². The SMILES string of the molecule is O=C(O)c1ccc(CCc2cc(O)cc(CCc3cc(O)c(O)c(O)c3)c2)cc1. The Morgan fingerprint density at radius 2 is 1.07 bits per heavy atom. The molecule has 0 aliphatic rings. The second kappa shape index (κ2) is 8.56. The van der Waals surface area contributed by atoms with Gasteiger partial charge in [-0.15, -0.1) is 0 Å². The van der Waals surface area contributed by atoms with E-state index in [0.29, 0.717) is 31.2 Å². The number of hydrogen-bond acceptors (Lipinski definition) is 5. The summed E-state index contributed by atoms with van der Waals surface area (Å²) >= 11 is 0. The zero-order valence-electron chi connectivity index (χ0n) is 15.7. The van der Waals surface area contributed by atoms with E-state index >= 15 is 0 Å². The van der Waals surface area contributed by atoms with Crippen LogP contribution in [-0.4, -0.2) is 31.5 Å². The first kappa shape index (κ1) is 20.1. The summed E-state index contributed by atoms with van der Waals surface area (Å²) in [6.45, 7) is 0. The predicted molar refractivity (Wildman–Crippen MR) is 108 cm³/mol. The summed E-state index contributed by atoms with van der Waals surface area (Å²) in [6, 6.07) is 14.9. The van der Waals surface area contributed by atoms with Crippen LogP contribution in [0.15, 0.2) is 54.6 Å². The molecule has 6 nitrogen and oxygen atoms in total. The van der Waals surface area contributed by atoms with Crippen molar-refractivity contribution in [3.8, 4) is 23.0 Å². The van der Waals surface area contributed by atoms with Gasteiger partial charge >= 0.3 is 5.97 Å². The van der Waals surface area contributed by atoms with Crippen LogP contribution in [0.2, 0.25) is 0 Å². The van der Waals surface area contributed by atoms with Crippen LogP contribution in [0.3, 0.4) is 0 Å². The van der Waals surface area contributed by atoms with E-state index in [1.54, 1.807) is 36.4 Å². The molecule has 0 aliphatic heterocycles. The molecule has 0 unspecified atom stereocenters. The number of carboxylic acids is 1. The summed E-state index contributed by atoms with van der Waals surface area (Å²) in [4.78, 5) is 10.9. The van der Waals surface area contributed by atoms with E-state index in [0.717, 1.165) is 16.7 Å². The van der Waals surface area contributed by atoms with Crippen molar-refractivity contribution in [2.24, 2.45) is 0 Å². The van der Waals surface area contributed by atoms with Gasteiger partial charge in [0.05, 0.1) is 5.56 Å². The number of carboxylic acid groups (broad SMARTS) is 1. The third-order valence-electron chi connectivity index (χ3n) is 4.77. The molecule has 0 aromatic heterocycles. The molecule has 0 saturated heterocycles. The monoisotopic (exact) mass is 394 g/mol. The van der Waals surface area contributed by atoms with Crippen LogP contribution in [0.5, 0.6) is 23.0 Å². The first-order chi connectivity index (χ1) is 13.8. The number of aromatic carboxylic acids is 1. The standard InChI is InChI=1S/C23H22O6/c24-19-10-15(2-1-14-5-7-18(8-6-14)23(28)29)9-16(11-19)3-4-17-12-20(25)22(27)21(26)13-17/h5-13,24-27H,1-4H2,(H,28,29). The fourth-order valence-corrected chi connectivity index (χ4v) is 3.23. The second-order valence-corrected chi connectivity index (χ2v) is 6.99. The highest BCUT2D eigenvalue weighted by atomic mass is 16.4. The van der Waals surface area contributed by atoms with Gasteiger partial charge in [0, 0.05) is 0 Å². The number of carbonyl (C=O) groups is 1. The molecule has 0 aliphatic carbocycles. The first-order valence-corrected chi connectivity index (χ1v) is 9.19. The molecule has 0 radical (unpaired) electrons. The molecule has 0 amide bonds. The Morgan fingerprint density at radius 3 is 1.55 bits per heavy atom. The molecule has 0 spiro atoms. The van der Waals surface area contributed by atoms with E-state index in [1.165, 1.54) is 12.1 Å². The Morgan fingerprint density at radius 1 is 0.621 bits per heavy atom. The third-order valence-corrected chi connectivity index (χ3v) is 4.77. The van der Waals surface area contributed by atoms with E-state index in [-0.39, 0.29) is 22.8 Å². The minimum Gasteiger partial charge on any atom is -0.508 e. The van der Waals surface area contributed by atoms with Crippen molar-refractivity contribution in [3.05, 3.63) is 82.4 Å². The van der Waals surface area contributed by atoms with Crippen LogP contribution in [0, 0.1) is 0 Å². The van der Waals surface area contributed by atoms with E-state index in [4.69, 9.17) is 5.11 Å². The summed E-state index contributed by atoms with van der Waals surface area (Å²) in [7, 11) is 0. The Kier molecular flexibility index (Phi) is 5.93. The summed E-state index contributed by atoms with van der Waals surface area (Å²) in [5.74, 6) is -2.07. The largest absolute Gasteiger partial charge is 0.508 e. The highest BCUT2D eigenvalue weighted by molar-refractivity contribution is 5.87. The molecule has 3 rings (SSSR count). The Balaban J connectivity index is 1.65. The molecule has 0 heterocycles.